The number of rotatable bonds is 6. The van der Waals surface area contributed by atoms with Crippen LogP contribution in [0.1, 0.15) is 77.6 Å². The van der Waals surface area contributed by atoms with Crippen molar-refractivity contribution in [1.29, 1.82) is 0 Å². The van der Waals surface area contributed by atoms with Gasteiger partial charge in [0.15, 0.2) is 0 Å². The van der Waals surface area contributed by atoms with Crippen LogP contribution in [0.3, 0.4) is 0 Å². The van der Waals surface area contributed by atoms with E-state index < -0.39 is 10.0 Å². The Morgan fingerprint density at radius 3 is 1.23 bits per heavy atom. The summed E-state index contributed by atoms with van der Waals surface area (Å²) >= 11 is 0. The molecule has 0 unspecified atom stereocenters. The van der Waals surface area contributed by atoms with E-state index in [-0.39, 0.29) is 10.8 Å². The fourth-order valence-corrected chi connectivity index (χ4v) is 15.4. The second kappa shape index (κ2) is 16.8. The van der Waals surface area contributed by atoms with Crippen LogP contribution in [0.4, 0.5) is 17.1 Å². The van der Waals surface area contributed by atoms with E-state index in [1.165, 1.54) is 97.7 Å². The normalized spacial score (nSPS) is 14.9. The maximum atomic E-state index is 2.48. The Bertz CT molecular complexity index is 3090. The summed E-state index contributed by atoms with van der Waals surface area (Å²) in [6, 6.07) is 80.0. The van der Waals surface area contributed by atoms with Gasteiger partial charge in [-0.15, -0.1) is 10.0 Å². The predicted octanol–water partition coefficient (Wildman–Crippen LogP) is 18.8. The Morgan fingerprint density at radius 2 is 0.712 bits per heavy atom. The number of nitrogens with zero attached hydrogens (tertiary/aromatic N) is 1. The van der Waals surface area contributed by atoms with Gasteiger partial charge in [-0.3, -0.25) is 0 Å². The molecule has 0 radical (unpaired) electrons. The fourth-order valence-electron chi connectivity index (χ4n) is 11.2. The summed E-state index contributed by atoms with van der Waals surface area (Å²) in [5, 5.41) is 0. The Hall–Kier alpha value is -6.87. The minimum atomic E-state index is -1.74. The number of hydrogen-bond donors (Lipinski definition) is 0. The van der Waals surface area contributed by atoms with Crippen LogP contribution < -0.4 is 4.90 Å². The zero-order valence-corrected chi connectivity index (χ0v) is 40.4. The van der Waals surface area contributed by atoms with Crippen molar-refractivity contribution in [2.24, 2.45) is 0 Å². The highest BCUT2D eigenvalue weighted by molar-refractivity contribution is 8.34. The Kier molecular flexibility index (Phi) is 11.0. The molecule has 1 aliphatic heterocycles. The molecule has 1 heterocycles. The molecule has 0 spiro atoms. The number of hydrogen-bond acceptors (Lipinski definition) is 1. The molecule has 3 aliphatic rings. The van der Waals surface area contributed by atoms with Gasteiger partial charge in [0.05, 0.1) is 0 Å². The zero-order valence-electron chi connectivity index (χ0n) is 39.6. The van der Waals surface area contributed by atoms with E-state index in [9.17, 15) is 0 Å². The first-order chi connectivity index (χ1) is 32.3. The Labute approximate surface area is 394 Å². The van der Waals surface area contributed by atoms with Crippen molar-refractivity contribution < 1.29 is 0 Å². The van der Waals surface area contributed by atoms with Gasteiger partial charge in [0.2, 0.25) is 0 Å². The largest absolute Gasteiger partial charge is 0.310 e. The molecule has 326 valence electrons. The lowest BCUT2D eigenvalue weighted by atomic mass is 9.82. The molecule has 0 aromatic heterocycles. The summed E-state index contributed by atoms with van der Waals surface area (Å²) in [4.78, 5) is 8.02. The van der Waals surface area contributed by atoms with Crippen molar-refractivity contribution >= 4 is 27.1 Å². The van der Waals surface area contributed by atoms with Crippen molar-refractivity contribution in [2.75, 3.05) is 4.90 Å². The lowest BCUT2D eigenvalue weighted by Crippen LogP contribution is -2.18. The highest BCUT2D eigenvalue weighted by atomic mass is 32.3. The monoisotopic (exact) mass is 873 g/mol. The molecule has 0 N–H and O–H groups in total. The van der Waals surface area contributed by atoms with Crippen LogP contribution in [0.2, 0.25) is 0 Å². The fraction of sp³-hybridized carbons (Fsp3) is 0.156. The van der Waals surface area contributed by atoms with E-state index in [1.807, 2.05) is 27.7 Å². The minimum Gasteiger partial charge on any atom is -0.310 e. The van der Waals surface area contributed by atoms with Crippen LogP contribution in [-0.4, -0.2) is 0 Å². The van der Waals surface area contributed by atoms with E-state index >= 15 is 0 Å². The third-order valence-corrected chi connectivity index (χ3v) is 18.1. The van der Waals surface area contributed by atoms with Crippen molar-refractivity contribution in [1.82, 2.24) is 0 Å². The molecule has 66 heavy (non-hydrogen) atoms. The minimum absolute atomic E-state index is 0.111. The molecular weight excluding hydrogens is 815 g/mol. The summed E-state index contributed by atoms with van der Waals surface area (Å²) in [7, 11) is -1.74. The summed E-state index contributed by atoms with van der Waals surface area (Å²) in [5.41, 5.74) is 19.3. The first-order valence-electron chi connectivity index (χ1n) is 23.8. The van der Waals surface area contributed by atoms with E-state index in [0.717, 1.165) is 5.69 Å². The SMILES string of the molecule is CC.CC.CC1(C)c2ccccc2-c2ccc(N(c3ccc(-c4cccc5c4-c4ccccc4S5(c4ccccc4)c4ccccc4)cc3)c3ccc4c(c3)C(C)(C)c3ccccc3-4)cc21. The Balaban J connectivity index is 0.00000125. The zero-order chi connectivity index (χ0) is 45.8. The van der Waals surface area contributed by atoms with Gasteiger partial charge in [0.25, 0.3) is 0 Å². The third-order valence-electron chi connectivity index (χ3n) is 14.1. The molecule has 2 heteroatoms. The van der Waals surface area contributed by atoms with E-state index in [1.54, 1.807) is 0 Å². The summed E-state index contributed by atoms with van der Waals surface area (Å²) in [6.45, 7) is 17.5. The predicted molar refractivity (Wildman–Crippen MR) is 283 cm³/mol. The van der Waals surface area contributed by atoms with Gasteiger partial charge in [-0.2, -0.15) is 0 Å². The number of benzene rings is 9. The van der Waals surface area contributed by atoms with Gasteiger partial charge >= 0.3 is 0 Å². The topological polar surface area (TPSA) is 3.24 Å². The molecule has 9 aromatic rings. The molecule has 0 fully saturated rings. The molecule has 0 saturated heterocycles. The van der Waals surface area contributed by atoms with Gasteiger partial charge in [-0.1, -0.05) is 195 Å². The van der Waals surface area contributed by atoms with Crippen molar-refractivity contribution in [3.05, 3.63) is 235 Å². The van der Waals surface area contributed by atoms with Gasteiger partial charge in [-0.25, -0.2) is 0 Å². The van der Waals surface area contributed by atoms with Crippen molar-refractivity contribution in [3.8, 4) is 44.5 Å². The maximum absolute atomic E-state index is 2.48. The van der Waals surface area contributed by atoms with Crippen molar-refractivity contribution in [3.63, 3.8) is 0 Å². The molecular formula is C64H59NS. The first-order valence-corrected chi connectivity index (χ1v) is 25.5. The van der Waals surface area contributed by atoms with Crippen LogP contribution in [0.15, 0.2) is 232 Å². The average Bonchev–Trinajstić information content (AvgIpc) is 3.91. The lowest BCUT2D eigenvalue weighted by Gasteiger charge is -2.39. The van der Waals surface area contributed by atoms with Gasteiger partial charge in [-0.05, 0) is 134 Å². The van der Waals surface area contributed by atoms with Gasteiger partial charge < -0.3 is 4.90 Å². The Morgan fingerprint density at radius 1 is 0.318 bits per heavy atom. The molecule has 0 saturated carbocycles. The second-order valence-corrected chi connectivity index (χ2v) is 21.1. The first kappa shape index (κ1) is 43.0. The third kappa shape index (κ3) is 6.37. The van der Waals surface area contributed by atoms with Crippen LogP contribution in [0.25, 0.3) is 44.5 Å². The quantitative estimate of drug-likeness (QED) is 0.161. The molecule has 1 nitrogen and oxygen atoms in total. The average molecular weight is 874 g/mol. The van der Waals surface area contributed by atoms with Crippen LogP contribution in [0, 0.1) is 0 Å². The number of anilines is 3. The van der Waals surface area contributed by atoms with Crippen LogP contribution in [0.5, 0.6) is 0 Å². The lowest BCUT2D eigenvalue weighted by molar-refractivity contribution is 0.660. The molecule has 2 aliphatic carbocycles. The molecule has 0 amide bonds. The highest BCUT2D eigenvalue weighted by Gasteiger charge is 2.43. The number of fused-ring (bicyclic) bond motifs is 9. The van der Waals surface area contributed by atoms with Crippen molar-refractivity contribution in [2.45, 2.75) is 85.8 Å². The summed E-state index contributed by atoms with van der Waals surface area (Å²) in [5.74, 6) is 0. The second-order valence-electron chi connectivity index (χ2n) is 18.1. The van der Waals surface area contributed by atoms with Crippen LogP contribution >= 0.6 is 10.0 Å². The summed E-state index contributed by atoms with van der Waals surface area (Å²) in [6.07, 6.45) is 0. The summed E-state index contributed by atoms with van der Waals surface area (Å²) < 4.78 is 0. The molecule has 9 aromatic carbocycles. The highest BCUT2D eigenvalue weighted by Crippen LogP contribution is 2.80. The van der Waals surface area contributed by atoms with E-state index in [2.05, 4.69) is 245 Å². The molecule has 0 bridgehead atoms. The maximum Gasteiger partial charge on any atom is 0.0465 e. The van der Waals surface area contributed by atoms with Crippen LogP contribution in [-0.2, 0) is 10.8 Å². The van der Waals surface area contributed by atoms with Gasteiger partial charge in [0, 0.05) is 53.0 Å². The van der Waals surface area contributed by atoms with Gasteiger partial charge in [0.1, 0.15) is 0 Å². The van der Waals surface area contributed by atoms with E-state index in [0.29, 0.717) is 0 Å². The molecule has 0 atom stereocenters. The standard InChI is InChI=1S/C60H47NS.2C2H6/c1-59(2)52-26-14-11-22-47(52)49-36-34-42(38-54(49)59)61(43-35-37-50-48-23-12-15-27-53(48)60(3,4)55(50)39-43)41-32-30-40(31-33-41)46-25-17-29-57-58(46)51-24-13-16-28-56(51)62(57,44-18-7-5-8-19-44)45-20-9-6-10-21-45;2*1-2/h5-39H,1-4H3;2*1-2H3. The van der Waals surface area contributed by atoms with E-state index in [4.69, 9.17) is 0 Å². The molecule has 12 rings (SSSR count). The smallest absolute Gasteiger partial charge is 0.0465 e.